The number of benzene rings is 1. The van der Waals surface area contributed by atoms with Crippen LogP contribution in [0.5, 0.6) is 0 Å². The van der Waals surface area contributed by atoms with Gasteiger partial charge in [-0.25, -0.2) is 0 Å². The van der Waals surface area contributed by atoms with Crippen LogP contribution in [0.1, 0.15) is 38.7 Å². The highest BCUT2D eigenvalue weighted by molar-refractivity contribution is 5.14. The van der Waals surface area contributed by atoms with Gasteiger partial charge >= 0.3 is 0 Å². The van der Waals surface area contributed by atoms with Crippen LogP contribution in [0, 0.1) is 5.41 Å². The molecule has 0 amide bonds. The SMILES string of the molecule is CC(C)(CNCc1ccccc1)COC1C=CCCC1. The Balaban J connectivity index is 1.67. The molecule has 20 heavy (non-hydrogen) atoms. The first-order chi connectivity index (χ1) is 9.66. The third-order valence-electron chi connectivity index (χ3n) is 3.67. The van der Waals surface area contributed by atoms with E-state index in [1.54, 1.807) is 0 Å². The van der Waals surface area contributed by atoms with Gasteiger partial charge in [0.15, 0.2) is 0 Å². The molecule has 0 aliphatic heterocycles. The van der Waals surface area contributed by atoms with Gasteiger partial charge < -0.3 is 10.1 Å². The quantitative estimate of drug-likeness (QED) is 0.760. The lowest BCUT2D eigenvalue weighted by Gasteiger charge is -2.28. The van der Waals surface area contributed by atoms with E-state index in [0.29, 0.717) is 6.10 Å². The third-order valence-corrected chi connectivity index (χ3v) is 3.67. The van der Waals surface area contributed by atoms with Crippen molar-refractivity contribution >= 4 is 0 Å². The number of rotatable bonds is 7. The van der Waals surface area contributed by atoms with Crippen molar-refractivity contribution in [2.75, 3.05) is 13.2 Å². The molecule has 1 atom stereocenters. The topological polar surface area (TPSA) is 21.3 Å². The fourth-order valence-electron chi connectivity index (χ4n) is 2.44. The predicted molar refractivity (Wildman–Crippen MR) is 84.7 cm³/mol. The molecule has 0 aromatic heterocycles. The van der Waals surface area contributed by atoms with Crippen LogP contribution in [-0.2, 0) is 11.3 Å². The molecule has 110 valence electrons. The maximum atomic E-state index is 6.02. The molecule has 0 radical (unpaired) electrons. The van der Waals surface area contributed by atoms with E-state index in [9.17, 15) is 0 Å². The molecule has 0 heterocycles. The van der Waals surface area contributed by atoms with Crippen molar-refractivity contribution in [3.05, 3.63) is 48.0 Å². The Morgan fingerprint density at radius 3 is 2.75 bits per heavy atom. The van der Waals surface area contributed by atoms with E-state index in [-0.39, 0.29) is 5.41 Å². The lowest BCUT2D eigenvalue weighted by molar-refractivity contribution is 0.0200. The van der Waals surface area contributed by atoms with E-state index in [0.717, 1.165) is 19.7 Å². The highest BCUT2D eigenvalue weighted by atomic mass is 16.5. The second-order valence-electron chi connectivity index (χ2n) is 6.46. The number of nitrogens with one attached hydrogen (secondary N) is 1. The van der Waals surface area contributed by atoms with Crippen molar-refractivity contribution in [3.8, 4) is 0 Å². The average molecular weight is 273 g/mol. The molecule has 1 aliphatic rings. The fraction of sp³-hybridized carbons (Fsp3) is 0.556. The van der Waals surface area contributed by atoms with E-state index in [1.165, 1.54) is 24.8 Å². The van der Waals surface area contributed by atoms with Crippen molar-refractivity contribution in [1.82, 2.24) is 5.32 Å². The molecule has 0 bridgehead atoms. The molecule has 2 nitrogen and oxygen atoms in total. The van der Waals surface area contributed by atoms with Crippen molar-refractivity contribution < 1.29 is 4.74 Å². The van der Waals surface area contributed by atoms with Gasteiger partial charge in [0.1, 0.15) is 0 Å². The summed E-state index contributed by atoms with van der Waals surface area (Å²) in [7, 11) is 0. The highest BCUT2D eigenvalue weighted by Gasteiger charge is 2.20. The number of allylic oxidation sites excluding steroid dienone is 1. The van der Waals surface area contributed by atoms with Gasteiger partial charge in [-0.15, -0.1) is 0 Å². The van der Waals surface area contributed by atoms with Crippen molar-refractivity contribution in [3.63, 3.8) is 0 Å². The van der Waals surface area contributed by atoms with E-state index in [4.69, 9.17) is 4.74 Å². The monoisotopic (exact) mass is 273 g/mol. The molecular formula is C18H27NO. The molecule has 2 rings (SSSR count). The highest BCUT2D eigenvalue weighted by Crippen LogP contribution is 2.19. The number of hydrogen-bond acceptors (Lipinski definition) is 2. The van der Waals surface area contributed by atoms with Gasteiger partial charge in [-0.1, -0.05) is 56.3 Å². The molecule has 0 fully saturated rings. The van der Waals surface area contributed by atoms with Crippen molar-refractivity contribution in [1.29, 1.82) is 0 Å². The van der Waals surface area contributed by atoms with Gasteiger partial charge in [0.25, 0.3) is 0 Å². The molecule has 0 saturated carbocycles. The molecule has 1 aromatic carbocycles. The van der Waals surface area contributed by atoms with Crippen LogP contribution in [0.3, 0.4) is 0 Å². The van der Waals surface area contributed by atoms with Gasteiger partial charge in [-0.2, -0.15) is 0 Å². The molecule has 1 N–H and O–H groups in total. The van der Waals surface area contributed by atoms with E-state index in [2.05, 4.69) is 61.6 Å². The van der Waals surface area contributed by atoms with Gasteiger partial charge in [-0.05, 0) is 24.8 Å². The second-order valence-corrected chi connectivity index (χ2v) is 6.46. The summed E-state index contributed by atoms with van der Waals surface area (Å²) in [5.41, 5.74) is 1.50. The minimum atomic E-state index is 0.167. The van der Waals surface area contributed by atoms with Gasteiger partial charge in [0.2, 0.25) is 0 Å². The van der Waals surface area contributed by atoms with E-state index < -0.39 is 0 Å². The Morgan fingerprint density at radius 2 is 2.05 bits per heavy atom. The van der Waals surface area contributed by atoms with Crippen LogP contribution in [0.2, 0.25) is 0 Å². The van der Waals surface area contributed by atoms with Gasteiger partial charge in [0, 0.05) is 18.5 Å². The normalized spacial score (nSPS) is 19.2. The summed E-state index contributed by atoms with van der Waals surface area (Å²) >= 11 is 0. The summed E-state index contributed by atoms with van der Waals surface area (Å²) in [6.45, 7) is 7.23. The summed E-state index contributed by atoms with van der Waals surface area (Å²) in [5, 5.41) is 3.53. The Bertz CT molecular complexity index is 411. The summed E-state index contributed by atoms with van der Waals surface area (Å²) in [4.78, 5) is 0. The Kier molecular flexibility index (Phi) is 5.81. The molecule has 0 saturated heterocycles. The zero-order chi connectivity index (χ0) is 14.3. The Hall–Kier alpha value is -1.12. The van der Waals surface area contributed by atoms with Crippen molar-refractivity contribution in [2.45, 2.75) is 45.8 Å². The minimum Gasteiger partial charge on any atom is -0.374 e. The standard InChI is InChI=1S/C18H27NO/c1-18(2,15-20-17-11-7-4-8-12-17)14-19-13-16-9-5-3-6-10-16/h3,5-7,9-11,17,19H,4,8,12-15H2,1-2H3. The molecule has 1 aromatic rings. The van der Waals surface area contributed by atoms with Crippen LogP contribution in [0.15, 0.2) is 42.5 Å². The van der Waals surface area contributed by atoms with Crippen molar-refractivity contribution in [2.24, 2.45) is 5.41 Å². The zero-order valence-electron chi connectivity index (χ0n) is 12.8. The molecule has 0 spiro atoms. The minimum absolute atomic E-state index is 0.167. The largest absolute Gasteiger partial charge is 0.374 e. The zero-order valence-corrected chi connectivity index (χ0v) is 12.8. The Labute approximate surface area is 123 Å². The molecule has 2 heteroatoms. The smallest absolute Gasteiger partial charge is 0.0756 e. The molecule has 1 unspecified atom stereocenters. The van der Waals surface area contributed by atoms with E-state index in [1.807, 2.05) is 0 Å². The Morgan fingerprint density at radius 1 is 1.25 bits per heavy atom. The predicted octanol–water partition coefficient (Wildman–Crippen LogP) is 3.93. The summed E-state index contributed by atoms with van der Waals surface area (Å²) in [6, 6.07) is 10.5. The average Bonchev–Trinajstić information content (AvgIpc) is 2.47. The first-order valence-corrected chi connectivity index (χ1v) is 7.69. The van der Waals surface area contributed by atoms with Crippen LogP contribution in [0.25, 0.3) is 0 Å². The first-order valence-electron chi connectivity index (χ1n) is 7.69. The number of ether oxygens (including phenoxy) is 1. The molecule has 1 aliphatic carbocycles. The van der Waals surface area contributed by atoms with Crippen LogP contribution in [-0.4, -0.2) is 19.3 Å². The van der Waals surface area contributed by atoms with Gasteiger partial charge in [0.05, 0.1) is 12.7 Å². The lowest BCUT2D eigenvalue weighted by Crippen LogP contribution is -2.34. The maximum Gasteiger partial charge on any atom is 0.0756 e. The first kappa shape index (κ1) is 15.3. The third kappa shape index (κ3) is 5.48. The lowest BCUT2D eigenvalue weighted by atomic mass is 9.94. The van der Waals surface area contributed by atoms with Gasteiger partial charge in [-0.3, -0.25) is 0 Å². The van der Waals surface area contributed by atoms with E-state index >= 15 is 0 Å². The number of hydrogen-bond donors (Lipinski definition) is 1. The fourth-order valence-corrected chi connectivity index (χ4v) is 2.44. The summed E-state index contributed by atoms with van der Waals surface area (Å²) in [5.74, 6) is 0. The van der Waals surface area contributed by atoms with Crippen LogP contribution in [0.4, 0.5) is 0 Å². The summed E-state index contributed by atoms with van der Waals surface area (Å²) < 4.78 is 6.02. The van der Waals surface area contributed by atoms with Crippen LogP contribution < -0.4 is 5.32 Å². The molecular weight excluding hydrogens is 246 g/mol. The second kappa shape index (κ2) is 7.61. The summed E-state index contributed by atoms with van der Waals surface area (Å²) in [6.07, 6.45) is 8.43. The maximum absolute atomic E-state index is 6.02. The van der Waals surface area contributed by atoms with Crippen LogP contribution >= 0.6 is 0 Å².